The van der Waals surface area contributed by atoms with Crippen LogP contribution in [0.4, 0.5) is 0 Å². The Labute approximate surface area is 139 Å². The standard InChI is InChI=1S/C17H26N2O3S/c1-3-19(16-9-11-23(21,22)13-16)17(20)8-10-18-12-15-6-4-14(2)5-7-15/h4-7,16,18H,3,8-13H2,1-2H3. The number of carbonyl (C=O) groups excluding carboxylic acids is 1. The Morgan fingerprint density at radius 3 is 2.57 bits per heavy atom. The molecule has 0 radical (unpaired) electrons. The van der Waals surface area contributed by atoms with Crippen molar-refractivity contribution >= 4 is 15.7 Å². The highest BCUT2D eigenvalue weighted by atomic mass is 32.2. The van der Waals surface area contributed by atoms with E-state index in [0.717, 1.165) is 6.54 Å². The third-order valence-electron chi connectivity index (χ3n) is 4.28. The first-order chi connectivity index (χ1) is 10.9. The highest BCUT2D eigenvalue weighted by Crippen LogP contribution is 2.18. The molecular formula is C17H26N2O3S. The number of hydrogen-bond acceptors (Lipinski definition) is 4. The van der Waals surface area contributed by atoms with Crippen molar-refractivity contribution in [2.45, 2.75) is 39.3 Å². The van der Waals surface area contributed by atoms with Crippen LogP contribution in [0.1, 0.15) is 30.9 Å². The largest absolute Gasteiger partial charge is 0.339 e. The van der Waals surface area contributed by atoms with Crippen LogP contribution in [0.3, 0.4) is 0 Å². The molecule has 1 aliphatic heterocycles. The molecule has 1 amide bonds. The molecule has 128 valence electrons. The highest BCUT2D eigenvalue weighted by Gasteiger charge is 2.33. The molecule has 0 spiro atoms. The lowest BCUT2D eigenvalue weighted by Gasteiger charge is -2.27. The summed E-state index contributed by atoms with van der Waals surface area (Å²) in [5, 5.41) is 3.27. The van der Waals surface area contributed by atoms with Crippen LogP contribution < -0.4 is 5.32 Å². The lowest BCUT2D eigenvalue weighted by molar-refractivity contribution is -0.132. The Morgan fingerprint density at radius 2 is 2.00 bits per heavy atom. The zero-order chi connectivity index (χ0) is 16.9. The average molecular weight is 338 g/mol. The first kappa shape index (κ1) is 17.9. The Bertz CT molecular complexity index is 626. The molecule has 1 aromatic carbocycles. The first-order valence-electron chi connectivity index (χ1n) is 8.17. The van der Waals surface area contributed by atoms with Gasteiger partial charge in [-0.15, -0.1) is 0 Å². The zero-order valence-electron chi connectivity index (χ0n) is 13.9. The molecule has 1 saturated heterocycles. The van der Waals surface area contributed by atoms with Gasteiger partial charge in [-0.2, -0.15) is 0 Å². The molecule has 1 fully saturated rings. The predicted molar refractivity (Wildman–Crippen MR) is 91.9 cm³/mol. The Kier molecular flexibility index (Phi) is 6.18. The van der Waals surface area contributed by atoms with E-state index in [1.54, 1.807) is 4.90 Å². The molecule has 0 bridgehead atoms. The normalized spacial score (nSPS) is 19.7. The summed E-state index contributed by atoms with van der Waals surface area (Å²) in [6, 6.07) is 8.15. The van der Waals surface area contributed by atoms with Gasteiger partial charge in [0.05, 0.1) is 11.5 Å². The van der Waals surface area contributed by atoms with E-state index in [-0.39, 0.29) is 23.5 Å². The van der Waals surface area contributed by atoms with Crippen molar-refractivity contribution in [3.05, 3.63) is 35.4 Å². The molecule has 23 heavy (non-hydrogen) atoms. The number of carbonyl (C=O) groups is 1. The van der Waals surface area contributed by atoms with Crippen molar-refractivity contribution < 1.29 is 13.2 Å². The van der Waals surface area contributed by atoms with Gasteiger partial charge in [-0.05, 0) is 25.8 Å². The number of benzene rings is 1. The molecule has 1 aromatic rings. The molecule has 1 heterocycles. The summed E-state index contributed by atoms with van der Waals surface area (Å²) in [6.45, 7) is 5.86. The van der Waals surface area contributed by atoms with E-state index in [1.165, 1.54) is 11.1 Å². The molecule has 0 saturated carbocycles. The minimum Gasteiger partial charge on any atom is -0.339 e. The molecule has 6 heteroatoms. The lowest BCUT2D eigenvalue weighted by atomic mass is 10.1. The molecule has 1 aliphatic rings. The minimum absolute atomic E-state index is 0.0333. The Hall–Kier alpha value is -1.40. The fraction of sp³-hybridized carbons (Fsp3) is 0.588. The Balaban J connectivity index is 1.75. The predicted octanol–water partition coefficient (Wildman–Crippen LogP) is 1.51. The number of aryl methyl sites for hydroxylation is 1. The number of hydrogen-bond donors (Lipinski definition) is 1. The van der Waals surface area contributed by atoms with E-state index >= 15 is 0 Å². The van der Waals surface area contributed by atoms with Crippen LogP contribution in [-0.2, 0) is 21.2 Å². The van der Waals surface area contributed by atoms with Crippen molar-refractivity contribution in [1.29, 1.82) is 0 Å². The smallest absolute Gasteiger partial charge is 0.224 e. The van der Waals surface area contributed by atoms with Crippen molar-refractivity contribution in [3.8, 4) is 0 Å². The van der Waals surface area contributed by atoms with Gasteiger partial charge in [0.2, 0.25) is 5.91 Å². The minimum atomic E-state index is -2.96. The number of sulfone groups is 1. The molecule has 1 N–H and O–H groups in total. The lowest BCUT2D eigenvalue weighted by Crippen LogP contribution is -2.41. The number of nitrogens with zero attached hydrogens (tertiary/aromatic N) is 1. The van der Waals surface area contributed by atoms with Crippen molar-refractivity contribution in [2.24, 2.45) is 0 Å². The fourth-order valence-electron chi connectivity index (χ4n) is 2.94. The van der Waals surface area contributed by atoms with E-state index in [1.807, 2.05) is 6.92 Å². The second-order valence-corrected chi connectivity index (χ2v) is 8.38. The monoisotopic (exact) mass is 338 g/mol. The summed E-state index contributed by atoms with van der Waals surface area (Å²) in [7, 11) is -2.96. The Morgan fingerprint density at radius 1 is 1.30 bits per heavy atom. The van der Waals surface area contributed by atoms with Gasteiger partial charge < -0.3 is 10.2 Å². The van der Waals surface area contributed by atoms with E-state index in [0.29, 0.717) is 25.9 Å². The van der Waals surface area contributed by atoms with E-state index in [9.17, 15) is 13.2 Å². The third-order valence-corrected chi connectivity index (χ3v) is 6.03. The second kappa shape index (κ2) is 7.93. The number of amides is 1. The van der Waals surface area contributed by atoms with Crippen molar-refractivity contribution in [2.75, 3.05) is 24.6 Å². The molecule has 2 rings (SSSR count). The molecule has 0 aliphatic carbocycles. The summed E-state index contributed by atoms with van der Waals surface area (Å²) in [4.78, 5) is 14.0. The maximum Gasteiger partial charge on any atom is 0.224 e. The summed E-state index contributed by atoms with van der Waals surface area (Å²) in [5.74, 6) is 0.349. The SMILES string of the molecule is CCN(C(=O)CCNCc1ccc(C)cc1)C1CCS(=O)(=O)C1. The molecule has 5 nitrogen and oxygen atoms in total. The van der Waals surface area contributed by atoms with Crippen LogP contribution in [0.25, 0.3) is 0 Å². The van der Waals surface area contributed by atoms with E-state index < -0.39 is 9.84 Å². The topological polar surface area (TPSA) is 66.5 Å². The van der Waals surface area contributed by atoms with Gasteiger partial charge in [0.1, 0.15) is 0 Å². The van der Waals surface area contributed by atoms with Crippen molar-refractivity contribution in [3.63, 3.8) is 0 Å². The van der Waals surface area contributed by atoms with Crippen molar-refractivity contribution in [1.82, 2.24) is 10.2 Å². The van der Waals surface area contributed by atoms with E-state index in [4.69, 9.17) is 0 Å². The van der Waals surface area contributed by atoms with Gasteiger partial charge in [-0.25, -0.2) is 8.42 Å². The third kappa shape index (κ3) is 5.32. The highest BCUT2D eigenvalue weighted by molar-refractivity contribution is 7.91. The number of nitrogens with one attached hydrogen (secondary N) is 1. The van der Waals surface area contributed by atoms with Gasteiger partial charge in [0.25, 0.3) is 0 Å². The van der Waals surface area contributed by atoms with E-state index in [2.05, 4.69) is 36.5 Å². The van der Waals surface area contributed by atoms with Crippen LogP contribution in [0.15, 0.2) is 24.3 Å². The maximum atomic E-state index is 12.3. The zero-order valence-corrected chi connectivity index (χ0v) is 14.7. The summed E-state index contributed by atoms with van der Waals surface area (Å²) < 4.78 is 23.1. The van der Waals surface area contributed by atoms with Crippen LogP contribution >= 0.6 is 0 Å². The summed E-state index contributed by atoms with van der Waals surface area (Å²) in [5.41, 5.74) is 2.42. The summed E-state index contributed by atoms with van der Waals surface area (Å²) >= 11 is 0. The first-order valence-corrected chi connectivity index (χ1v) is 9.99. The van der Waals surface area contributed by atoms with Crippen LogP contribution in [0.2, 0.25) is 0 Å². The fourth-order valence-corrected chi connectivity index (χ4v) is 4.67. The quantitative estimate of drug-likeness (QED) is 0.765. The summed E-state index contributed by atoms with van der Waals surface area (Å²) in [6.07, 6.45) is 0.967. The second-order valence-electron chi connectivity index (χ2n) is 6.15. The average Bonchev–Trinajstić information content (AvgIpc) is 2.86. The van der Waals surface area contributed by atoms with Gasteiger partial charge in [0.15, 0.2) is 9.84 Å². The molecule has 0 aromatic heterocycles. The van der Waals surface area contributed by atoms with Gasteiger partial charge >= 0.3 is 0 Å². The molecular weight excluding hydrogens is 312 g/mol. The molecule has 1 unspecified atom stereocenters. The van der Waals surface area contributed by atoms with Gasteiger partial charge in [0, 0.05) is 32.1 Å². The maximum absolute atomic E-state index is 12.3. The van der Waals surface area contributed by atoms with Crippen LogP contribution in [0.5, 0.6) is 0 Å². The number of rotatable bonds is 7. The van der Waals surface area contributed by atoms with Gasteiger partial charge in [-0.1, -0.05) is 29.8 Å². The van der Waals surface area contributed by atoms with Crippen LogP contribution in [0, 0.1) is 6.92 Å². The van der Waals surface area contributed by atoms with Gasteiger partial charge in [-0.3, -0.25) is 4.79 Å². The molecule has 1 atom stereocenters. The van der Waals surface area contributed by atoms with Crippen LogP contribution in [-0.4, -0.2) is 49.9 Å².